The maximum Gasteiger partial charge on any atom is 0.417 e. The number of fused-ring (bicyclic) bond motifs is 1. The topological polar surface area (TPSA) is 55.4 Å². The summed E-state index contributed by atoms with van der Waals surface area (Å²) in [7, 11) is 1.48. The van der Waals surface area contributed by atoms with Crippen molar-refractivity contribution in [1.82, 2.24) is 0 Å². The minimum atomic E-state index is -4.69. The van der Waals surface area contributed by atoms with Gasteiger partial charge in [0.15, 0.2) is 0 Å². The van der Waals surface area contributed by atoms with E-state index >= 15 is 0 Å². The van der Waals surface area contributed by atoms with Gasteiger partial charge in [-0.15, -0.1) is 0 Å². The fourth-order valence-corrected chi connectivity index (χ4v) is 3.00. The van der Waals surface area contributed by atoms with Crippen LogP contribution < -0.4 is 10.1 Å². The van der Waals surface area contributed by atoms with Gasteiger partial charge in [0, 0.05) is 16.6 Å². The largest absolute Gasteiger partial charge is 0.496 e. The summed E-state index contributed by atoms with van der Waals surface area (Å²) < 4.78 is 44.1. The van der Waals surface area contributed by atoms with E-state index in [0.29, 0.717) is 22.6 Å². The molecule has 4 nitrogen and oxygen atoms in total. The van der Waals surface area contributed by atoms with Crippen molar-refractivity contribution in [3.05, 3.63) is 70.7 Å². The Hall–Kier alpha value is -3.06. The Morgan fingerprint density at radius 2 is 1.68 bits per heavy atom. The molecule has 3 aromatic carbocycles. The summed E-state index contributed by atoms with van der Waals surface area (Å²) in [6.07, 6.45) is -4.69. The van der Waals surface area contributed by atoms with E-state index in [-0.39, 0.29) is 11.3 Å². The minimum absolute atomic E-state index is 0.110. The van der Waals surface area contributed by atoms with Crippen LogP contribution in [0, 0.1) is 0 Å². The van der Waals surface area contributed by atoms with E-state index in [9.17, 15) is 22.8 Å². The number of carbonyl (C=O) groups excluding carboxylic acids is 2. The number of ether oxygens (including phenoxy) is 1. The van der Waals surface area contributed by atoms with Crippen molar-refractivity contribution < 1.29 is 27.5 Å². The van der Waals surface area contributed by atoms with E-state index in [1.165, 1.54) is 19.2 Å². The van der Waals surface area contributed by atoms with Crippen LogP contribution in [-0.4, -0.2) is 18.8 Å². The Labute approximate surface area is 162 Å². The second-order valence-electron chi connectivity index (χ2n) is 5.84. The van der Waals surface area contributed by atoms with E-state index < -0.39 is 28.5 Å². The Bertz CT molecular complexity index is 1080. The van der Waals surface area contributed by atoms with E-state index in [4.69, 9.17) is 16.3 Å². The molecule has 0 unspecified atom stereocenters. The maximum atomic E-state index is 13.0. The summed E-state index contributed by atoms with van der Waals surface area (Å²) in [5, 5.41) is 2.82. The molecule has 0 radical (unpaired) electrons. The molecule has 1 N–H and O–H groups in total. The summed E-state index contributed by atoms with van der Waals surface area (Å²) >= 11 is 5.56. The minimum Gasteiger partial charge on any atom is -0.496 e. The van der Waals surface area contributed by atoms with Gasteiger partial charge >= 0.3 is 6.18 Å². The zero-order chi connectivity index (χ0) is 20.5. The van der Waals surface area contributed by atoms with Crippen LogP contribution in [0.5, 0.6) is 5.75 Å². The van der Waals surface area contributed by atoms with Gasteiger partial charge in [-0.25, -0.2) is 0 Å². The van der Waals surface area contributed by atoms with Gasteiger partial charge in [-0.3, -0.25) is 9.59 Å². The van der Waals surface area contributed by atoms with E-state index in [2.05, 4.69) is 5.32 Å². The first kappa shape index (κ1) is 19.7. The van der Waals surface area contributed by atoms with Gasteiger partial charge in [-0.05, 0) is 35.7 Å². The van der Waals surface area contributed by atoms with Crippen LogP contribution >= 0.6 is 11.6 Å². The van der Waals surface area contributed by atoms with Crippen LogP contribution in [0.4, 0.5) is 18.9 Å². The number of halogens is 4. The second kappa shape index (κ2) is 7.52. The average Bonchev–Trinajstić information content (AvgIpc) is 2.67. The lowest BCUT2D eigenvalue weighted by molar-refractivity contribution is -0.137. The van der Waals surface area contributed by atoms with Gasteiger partial charge in [0.25, 0.3) is 11.7 Å². The molecule has 0 spiro atoms. The number of alkyl halides is 3. The van der Waals surface area contributed by atoms with E-state index in [1.807, 2.05) is 0 Å². The van der Waals surface area contributed by atoms with Gasteiger partial charge in [0.05, 0.1) is 17.7 Å². The zero-order valence-corrected chi connectivity index (χ0v) is 15.2. The quantitative estimate of drug-likeness (QED) is 0.469. The predicted molar refractivity (Wildman–Crippen MR) is 99.9 cm³/mol. The normalized spacial score (nSPS) is 11.3. The van der Waals surface area contributed by atoms with Crippen LogP contribution in [-0.2, 0) is 11.0 Å². The monoisotopic (exact) mass is 407 g/mol. The number of nitrogens with one attached hydrogen (secondary N) is 1. The molecule has 0 aromatic heterocycles. The molecule has 0 aliphatic heterocycles. The molecule has 8 heteroatoms. The molecular weight excluding hydrogens is 395 g/mol. The van der Waals surface area contributed by atoms with Gasteiger partial charge in [-0.2, -0.15) is 13.2 Å². The molecule has 0 aliphatic rings. The molecule has 1 amide bonds. The molecule has 0 saturated heterocycles. The first-order valence-electron chi connectivity index (χ1n) is 8.00. The molecule has 144 valence electrons. The highest BCUT2D eigenvalue weighted by Gasteiger charge is 2.33. The van der Waals surface area contributed by atoms with Crippen molar-refractivity contribution in [2.45, 2.75) is 6.18 Å². The third kappa shape index (κ3) is 3.80. The van der Waals surface area contributed by atoms with E-state index in [1.54, 1.807) is 30.3 Å². The Morgan fingerprint density at radius 3 is 2.32 bits per heavy atom. The SMILES string of the molecule is COc1ccc(C(=O)C(=O)Nc2ccc(Cl)c(C(F)(F)F)c2)c2ccccc12. The molecule has 0 atom stereocenters. The van der Waals surface area contributed by atoms with Gasteiger partial charge in [0.1, 0.15) is 5.75 Å². The highest BCUT2D eigenvalue weighted by atomic mass is 35.5. The van der Waals surface area contributed by atoms with Crippen LogP contribution in [0.25, 0.3) is 10.8 Å². The number of amides is 1. The molecule has 0 saturated carbocycles. The van der Waals surface area contributed by atoms with Crippen LogP contribution in [0.2, 0.25) is 5.02 Å². The third-order valence-electron chi connectivity index (χ3n) is 4.08. The molecule has 0 bridgehead atoms. The molecule has 28 heavy (non-hydrogen) atoms. The van der Waals surface area contributed by atoms with Crippen molar-refractivity contribution in [2.75, 3.05) is 12.4 Å². The van der Waals surface area contributed by atoms with Crippen molar-refractivity contribution >= 4 is 39.8 Å². The number of hydrogen-bond acceptors (Lipinski definition) is 3. The van der Waals surface area contributed by atoms with Gasteiger partial charge < -0.3 is 10.1 Å². The van der Waals surface area contributed by atoms with Crippen LogP contribution in [0.1, 0.15) is 15.9 Å². The van der Waals surface area contributed by atoms with Gasteiger partial charge in [0.2, 0.25) is 0 Å². The molecule has 3 aromatic rings. The zero-order valence-electron chi connectivity index (χ0n) is 14.4. The van der Waals surface area contributed by atoms with Crippen molar-refractivity contribution in [3.8, 4) is 5.75 Å². The fraction of sp³-hybridized carbons (Fsp3) is 0.100. The molecule has 3 rings (SSSR count). The summed E-state index contributed by atoms with van der Waals surface area (Å²) in [4.78, 5) is 25.0. The summed E-state index contributed by atoms with van der Waals surface area (Å²) in [5.41, 5.74) is -1.18. The summed E-state index contributed by atoms with van der Waals surface area (Å²) in [6, 6.07) is 12.7. The molecule has 0 fully saturated rings. The van der Waals surface area contributed by atoms with Crippen LogP contribution in [0.15, 0.2) is 54.6 Å². The summed E-state index contributed by atoms with van der Waals surface area (Å²) in [5.74, 6) is -1.42. The molecular formula is C20H13ClF3NO3. The first-order chi connectivity index (χ1) is 13.2. The summed E-state index contributed by atoms with van der Waals surface area (Å²) in [6.45, 7) is 0. The van der Waals surface area contributed by atoms with Crippen LogP contribution in [0.3, 0.4) is 0 Å². The molecule has 0 aliphatic carbocycles. The number of carbonyl (C=O) groups is 2. The Balaban J connectivity index is 1.93. The van der Waals surface area contributed by atoms with Crippen molar-refractivity contribution in [3.63, 3.8) is 0 Å². The van der Waals surface area contributed by atoms with Crippen molar-refractivity contribution in [2.24, 2.45) is 0 Å². The number of methoxy groups -OCH3 is 1. The lowest BCUT2D eigenvalue weighted by Gasteiger charge is -2.12. The smallest absolute Gasteiger partial charge is 0.417 e. The predicted octanol–water partition coefficient (Wildman–Crippen LogP) is 5.34. The highest BCUT2D eigenvalue weighted by Crippen LogP contribution is 2.36. The van der Waals surface area contributed by atoms with Gasteiger partial charge in [-0.1, -0.05) is 35.9 Å². The lowest BCUT2D eigenvalue weighted by atomic mass is 10.00. The molecule has 0 heterocycles. The fourth-order valence-electron chi connectivity index (χ4n) is 2.78. The third-order valence-corrected chi connectivity index (χ3v) is 4.41. The lowest BCUT2D eigenvalue weighted by Crippen LogP contribution is -2.23. The number of anilines is 1. The number of Topliss-reactive ketones (excluding diaryl/α,β-unsaturated/α-hetero) is 1. The average molecular weight is 408 g/mol. The number of ketones is 1. The number of hydrogen-bond donors (Lipinski definition) is 1. The van der Waals surface area contributed by atoms with Crippen molar-refractivity contribution in [1.29, 1.82) is 0 Å². The second-order valence-corrected chi connectivity index (χ2v) is 6.24. The Kier molecular flexibility index (Phi) is 5.29. The highest BCUT2D eigenvalue weighted by molar-refractivity contribution is 6.48. The van der Waals surface area contributed by atoms with E-state index in [0.717, 1.165) is 6.07 Å². The number of rotatable bonds is 4. The maximum absolute atomic E-state index is 13.0. The number of benzene rings is 3. The Morgan fingerprint density at radius 1 is 1.00 bits per heavy atom. The first-order valence-corrected chi connectivity index (χ1v) is 8.38. The standard InChI is InChI=1S/C20H13ClF3NO3/c1-28-17-9-7-14(12-4-2-3-5-13(12)17)18(26)19(27)25-11-6-8-16(21)15(10-11)20(22,23)24/h2-10H,1H3,(H,25,27).